The van der Waals surface area contributed by atoms with Crippen LogP contribution < -0.4 is 9.47 Å². The van der Waals surface area contributed by atoms with Gasteiger partial charge in [-0.25, -0.2) is 0 Å². The summed E-state index contributed by atoms with van der Waals surface area (Å²) in [5, 5.41) is 0. The molecule has 2 heteroatoms. The SMILES string of the molecule is COc1ccc(C2=CC=C(c3ccc(OC)cc3)C3=CC=CC=C2C3)cc1. The monoisotopic (exact) mass is 354 g/mol. The molecule has 0 amide bonds. The van der Waals surface area contributed by atoms with Crippen molar-refractivity contribution < 1.29 is 9.47 Å². The minimum absolute atomic E-state index is 0.873. The summed E-state index contributed by atoms with van der Waals surface area (Å²) in [6.07, 6.45) is 14.0. The summed E-state index contributed by atoms with van der Waals surface area (Å²) in [6.45, 7) is 0. The van der Waals surface area contributed by atoms with Crippen molar-refractivity contribution in [1.82, 2.24) is 0 Å². The molecule has 2 aliphatic carbocycles. The summed E-state index contributed by atoms with van der Waals surface area (Å²) >= 11 is 0. The molecule has 27 heavy (non-hydrogen) atoms. The zero-order valence-electron chi connectivity index (χ0n) is 15.6. The second kappa shape index (κ2) is 7.55. The van der Waals surface area contributed by atoms with E-state index in [1.54, 1.807) is 14.2 Å². The Bertz CT molecular complexity index is 900. The number of hydrogen-bond donors (Lipinski definition) is 0. The van der Waals surface area contributed by atoms with E-state index >= 15 is 0 Å². The van der Waals surface area contributed by atoms with E-state index in [0.29, 0.717) is 0 Å². The first kappa shape index (κ1) is 17.2. The lowest BCUT2D eigenvalue weighted by Crippen LogP contribution is -1.93. The molecule has 0 radical (unpaired) electrons. The lowest BCUT2D eigenvalue weighted by Gasteiger charge is -2.13. The van der Waals surface area contributed by atoms with Gasteiger partial charge in [-0.2, -0.15) is 0 Å². The molecule has 0 fully saturated rings. The number of hydrogen-bond acceptors (Lipinski definition) is 2. The third kappa shape index (κ3) is 3.52. The van der Waals surface area contributed by atoms with Crippen LogP contribution in [0.5, 0.6) is 11.5 Å². The summed E-state index contributed by atoms with van der Waals surface area (Å²) in [6, 6.07) is 16.5. The van der Waals surface area contributed by atoms with E-state index in [0.717, 1.165) is 17.9 Å². The van der Waals surface area contributed by atoms with Crippen molar-refractivity contribution in [2.24, 2.45) is 0 Å². The standard InChI is InChI=1S/C25H22O2/c1-26-22-11-7-18(8-12-22)24-15-16-25(19-9-13-23(27-2)14-10-19)21-6-4-3-5-20(24)17-21/h3-16H,17H2,1-2H3. The van der Waals surface area contributed by atoms with Crippen molar-refractivity contribution in [1.29, 1.82) is 0 Å². The molecule has 2 aromatic rings. The molecule has 0 heterocycles. The maximum Gasteiger partial charge on any atom is 0.118 e. The van der Waals surface area contributed by atoms with Crippen LogP contribution in [-0.2, 0) is 0 Å². The van der Waals surface area contributed by atoms with Gasteiger partial charge >= 0.3 is 0 Å². The second-order valence-electron chi connectivity index (χ2n) is 6.56. The average molecular weight is 354 g/mol. The molecule has 0 aliphatic heterocycles. The number of fused-ring (bicyclic) bond motifs is 2. The van der Waals surface area contributed by atoms with Crippen LogP contribution in [0.4, 0.5) is 0 Å². The van der Waals surface area contributed by atoms with Crippen LogP contribution in [0.1, 0.15) is 17.5 Å². The van der Waals surface area contributed by atoms with Gasteiger partial charge < -0.3 is 9.47 Å². The molecule has 2 aromatic carbocycles. The molecule has 0 saturated carbocycles. The summed E-state index contributed by atoms with van der Waals surface area (Å²) in [5.41, 5.74) is 7.53. The van der Waals surface area contributed by atoms with Crippen LogP contribution in [0.25, 0.3) is 11.1 Å². The van der Waals surface area contributed by atoms with E-state index in [1.165, 1.54) is 33.4 Å². The average Bonchev–Trinajstić information content (AvgIpc) is 3.08. The molecule has 2 aliphatic rings. The maximum atomic E-state index is 5.30. The molecule has 0 spiro atoms. The summed E-state index contributed by atoms with van der Waals surface area (Å²) in [5.74, 6) is 1.75. The van der Waals surface area contributed by atoms with Crippen molar-refractivity contribution in [2.45, 2.75) is 6.42 Å². The fourth-order valence-electron chi connectivity index (χ4n) is 3.52. The van der Waals surface area contributed by atoms with Gasteiger partial charge in [0, 0.05) is 0 Å². The van der Waals surface area contributed by atoms with Crippen molar-refractivity contribution in [3.63, 3.8) is 0 Å². The van der Waals surface area contributed by atoms with Gasteiger partial charge in [0.15, 0.2) is 0 Å². The third-order valence-corrected chi connectivity index (χ3v) is 5.00. The summed E-state index contributed by atoms with van der Waals surface area (Å²) in [7, 11) is 3.39. The predicted molar refractivity (Wildman–Crippen MR) is 112 cm³/mol. The first-order valence-corrected chi connectivity index (χ1v) is 9.06. The smallest absolute Gasteiger partial charge is 0.118 e. The minimum atomic E-state index is 0.873. The number of benzene rings is 2. The molecule has 0 aromatic heterocycles. The number of rotatable bonds is 4. The molecular weight excluding hydrogens is 332 g/mol. The predicted octanol–water partition coefficient (Wildman–Crippen LogP) is 6.00. The number of allylic oxidation sites excluding steroid dienone is 10. The lowest BCUT2D eigenvalue weighted by molar-refractivity contribution is 0.414. The van der Waals surface area contributed by atoms with Crippen LogP contribution >= 0.6 is 0 Å². The Morgan fingerprint density at radius 2 is 0.963 bits per heavy atom. The Morgan fingerprint density at radius 3 is 1.33 bits per heavy atom. The van der Waals surface area contributed by atoms with Gasteiger partial charge in [-0.1, -0.05) is 60.7 Å². The number of ether oxygens (including phenoxy) is 2. The van der Waals surface area contributed by atoms with Gasteiger partial charge in [-0.05, 0) is 64.1 Å². The topological polar surface area (TPSA) is 18.5 Å². The Labute approximate surface area is 160 Å². The molecular formula is C25H22O2. The van der Waals surface area contributed by atoms with Gasteiger partial charge in [-0.15, -0.1) is 0 Å². The molecule has 0 unspecified atom stereocenters. The Hall–Kier alpha value is -3.26. The molecule has 0 saturated heterocycles. The first-order valence-electron chi connectivity index (χ1n) is 9.06. The van der Waals surface area contributed by atoms with Gasteiger partial charge in [0.1, 0.15) is 11.5 Å². The first-order chi connectivity index (χ1) is 13.3. The fourth-order valence-corrected chi connectivity index (χ4v) is 3.52. The van der Waals surface area contributed by atoms with E-state index in [2.05, 4.69) is 60.7 Å². The van der Waals surface area contributed by atoms with Crippen molar-refractivity contribution in [3.05, 3.63) is 107 Å². The van der Waals surface area contributed by atoms with Gasteiger partial charge in [0.2, 0.25) is 0 Å². The van der Waals surface area contributed by atoms with Gasteiger partial charge in [0.05, 0.1) is 14.2 Å². The molecule has 2 nitrogen and oxygen atoms in total. The zero-order valence-corrected chi connectivity index (χ0v) is 15.6. The van der Waals surface area contributed by atoms with E-state index in [9.17, 15) is 0 Å². The maximum absolute atomic E-state index is 5.30. The summed E-state index contributed by atoms with van der Waals surface area (Å²) < 4.78 is 10.6. The largest absolute Gasteiger partial charge is 0.497 e. The van der Waals surface area contributed by atoms with Crippen molar-refractivity contribution in [3.8, 4) is 11.5 Å². The molecule has 0 atom stereocenters. The number of methoxy groups -OCH3 is 2. The van der Waals surface area contributed by atoms with Crippen molar-refractivity contribution >= 4 is 11.1 Å². The minimum Gasteiger partial charge on any atom is -0.497 e. The highest BCUT2D eigenvalue weighted by molar-refractivity contribution is 5.90. The van der Waals surface area contributed by atoms with Crippen LogP contribution in [0, 0.1) is 0 Å². The lowest BCUT2D eigenvalue weighted by atomic mass is 9.91. The Morgan fingerprint density at radius 1 is 0.556 bits per heavy atom. The zero-order chi connectivity index (χ0) is 18.6. The van der Waals surface area contributed by atoms with Crippen LogP contribution in [0.2, 0.25) is 0 Å². The van der Waals surface area contributed by atoms with E-state index < -0.39 is 0 Å². The fraction of sp³-hybridized carbons (Fsp3) is 0.120. The molecule has 134 valence electrons. The third-order valence-electron chi connectivity index (χ3n) is 5.00. The van der Waals surface area contributed by atoms with Crippen LogP contribution in [-0.4, -0.2) is 14.2 Å². The second-order valence-corrected chi connectivity index (χ2v) is 6.56. The molecule has 4 rings (SSSR count). The van der Waals surface area contributed by atoms with Crippen LogP contribution in [0.15, 0.2) is 96.1 Å². The quantitative estimate of drug-likeness (QED) is 0.671. The normalized spacial score (nSPS) is 15.6. The van der Waals surface area contributed by atoms with Crippen LogP contribution in [0.3, 0.4) is 0 Å². The van der Waals surface area contributed by atoms with E-state index in [4.69, 9.17) is 9.47 Å². The van der Waals surface area contributed by atoms with Gasteiger partial charge in [-0.3, -0.25) is 0 Å². The van der Waals surface area contributed by atoms with Gasteiger partial charge in [0.25, 0.3) is 0 Å². The molecule has 2 bridgehead atoms. The highest BCUT2D eigenvalue weighted by Crippen LogP contribution is 2.39. The molecule has 0 N–H and O–H groups in total. The highest BCUT2D eigenvalue weighted by atomic mass is 16.5. The van der Waals surface area contributed by atoms with E-state index in [1.807, 2.05) is 24.3 Å². The van der Waals surface area contributed by atoms with E-state index in [-0.39, 0.29) is 0 Å². The highest BCUT2D eigenvalue weighted by Gasteiger charge is 2.18. The van der Waals surface area contributed by atoms with Crippen molar-refractivity contribution in [2.75, 3.05) is 14.2 Å². The Kier molecular flexibility index (Phi) is 4.80. The Balaban J connectivity index is 1.79. The summed E-state index contributed by atoms with van der Waals surface area (Å²) in [4.78, 5) is 0.